The molecule has 96 valence electrons. The van der Waals surface area contributed by atoms with Crippen LogP contribution >= 0.6 is 0 Å². The number of rotatable bonds is 5. The molecule has 0 unspecified atom stereocenters. The summed E-state index contributed by atoms with van der Waals surface area (Å²) in [5.74, 6) is -0.931. The zero-order valence-corrected chi connectivity index (χ0v) is 10.1. The van der Waals surface area contributed by atoms with Gasteiger partial charge in [-0.05, 0) is 30.7 Å². The van der Waals surface area contributed by atoms with E-state index in [1.54, 1.807) is 25.1 Å². The number of nitrogens with one attached hydrogen (secondary N) is 2. The molecule has 0 radical (unpaired) electrons. The van der Waals surface area contributed by atoms with Gasteiger partial charge in [-0.2, -0.15) is 0 Å². The van der Waals surface area contributed by atoms with Crippen molar-refractivity contribution < 1.29 is 14.0 Å². The zero-order chi connectivity index (χ0) is 13.4. The molecule has 0 heterocycles. The Bertz CT molecular complexity index is 441. The van der Waals surface area contributed by atoms with Crippen LogP contribution in [0.5, 0.6) is 0 Å². The molecule has 0 bridgehead atoms. The largest absolute Gasteiger partial charge is 0.355 e. The van der Waals surface area contributed by atoms with Crippen LogP contribution in [0.15, 0.2) is 30.3 Å². The number of carbonyl (C=O) groups is 2. The molecule has 0 aliphatic rings. The van der Waals surface area contributed by atoms with Gasteiger partial charge < -0.3 is 10.6 Å². The Morgan fingerprint density at radius 2 is 1.89 bits per heavy atom. The van der Waals surface area contributed by atoms with E-state index in [0.29, 0.717) is 12.1 Å². The molecule has 0 saturated heterocycles. The SMILES string of the molecule is CCNC(=O)CNC(=O)/C=C/c1ccc(F)cc1. The fourth-order valence-electron chi connectivity index (χ4n) is 1.23. The maximum absolute atomic E-state index is 12.6. The third kappa shape index (κ3) is 5.25. The maximum atomic E-state index is 12.6. The number of likely N-dealkylation sites (N-methyl/N-ethyl adjacent to an activating group) is 1. The highest BCUT2D eigenvalue weighted by atomic mass is 19.1. The van der Waals surface area contributed by atoms with Gasteiger partial charge in [-0.1, -0.05) is 12.1 Å². The van der Waals surface area contributed by atoms with Crippen LogP contribution in [0.3, 0.4) is 0 Å². The summed E-state index contributed by atoms with van der Waals surface area (Å²) in [5, 5.41) is 5.00. The molecule has 1 aromatic carbocycles. The van der Waals surface area contributed by atoms with Gasteiger partial charge in [0, 0.05) is 12.6 Å². The van der Waals surface area contributed by atoms with Gasteiger partial charge in [0.2, 0.25) is 11.8 Å². The molecule has 4 nitrogen and oxygen atoms in total. The molecule has 0 aliphatic heterocycles. The van der Waals surface area contributed by atoms with Crippen molar-refractivity contribution in [2.45, 2.75) is 6.92 Å². The fourth-order valence-corrected chi connectivity index (χ4v) is 1.23. The summed E-state index contributed by atoms with van der Waals surface area (Å²) >= 11 is 0. The minimum atomic E-state index is -0.370. The molecule has 5 heteroatoms. The first-order chi connectivity index (χ1) is 8.61. The first kappa shape index (κ1) is 13.9. The van der Waals surface area contributed by atoms with Crippen LogP contribution in [0.4, 0.5) is 4.39 Å². The van der Waals surface area contributed by atoms with Crippen LogP contribution in [-0.2, 0) is 9.59 Å². The van der Waals surface area contributed by atoms with Crippen molar-refractivity contribution in [3.8, 4) is 0 Å². The van der Waals surface area contributed by atoms with Gasteiger partial charge in [-0.15, -0.1) is 0 Å². The predicted molar refractivity (Wildman–Crippen MR) is 67.1 cm³/mol. The van der Waals surface area contributed by atoms with E-state index < -0.39 is 0 Å². The molecule has 2 amide bonds. The maximum Gasteiger partial charge on any atom is 0.244 e. The van der Waals surface area contributed by atoms with Crippen molar-refractivity contribution in [3.63, 3.8) is 0 Å². The topological polar surface area (TPSA) is 58.2 Å². The van der Waals surface area contributed by atoms with E-state index >= 15 is 0 Å². The number of amides is 2. The third-order valence-electron chi connectivity index (χ3n) is 2.09. The first-order valence-corrected chi connectivity index (χ1v) is 5.60. The highest BCUT2D eigenvalue weighted by Crippen LogP contribution is 2.04. The number of halogens is 1. The summed E-state index contributed by atoms with van der Waals surface area (Å²) in [6.07, 6.45) is 2.85. The zero-order valence-electron chi connectivity index (χ0n) is 10.1. The smallest absolute Gasteiger partial charge is 0.244 e. The summed E-state index contributed by atoms with van der Waals surface area (Å²) in [6, 6.07) is 5.74. The second-order valence-electron chi connectivity index (χ2n) is 3.56. The molecular weight excluding hydrogens is 235 g/mol. The summed E-state index contributed by atoms with van der Waals surface area (Å²) in [4.78, 5) is 22.4. The lowest BCUT2D eigenvalue weighted by atomic mass is 10.2. The minimum Gasteiger partial charge on any atom is -0.355 e. The number of benzene rings is 1. The van der Waals surface area contributed by atoms with Crippen LogP contribution in [0, 0.1) is 5.82 Å². The first-order valence-electron chi connectivity index (χ1n) is 5.60. The van der Waals surface area contributed by atoms with Crippen molar-refractivity contribution in [2.75, 3.05) is 13.1 Å². The molecule has 1 aromatic rings. The van der Waals surface area contributed by atoms with Gasteiger partial charge in [0.15, 0.2) is 0 Å². The van der Waals surface area contributed by atoms with Gasteiger partial charge in [0.1, 0.15) is 5.82 Å². The Morgan fingerprint density at radius 1 is 1.22 bits per heavy atom. The molecule has 0 spiro atoms. The molecule has 0 aromatic heterocycles. The van der Waals surface area contributed by atoms with Crippen LogP contribution in [-0.4, -0.2) is 24.9 Å². The van der Waals surface area contributed by atoms with Crippen molar-refractivity contribution >= 4 is 17.9 Å². The van der Waals surface area contributed by atoms with E-state index in [9.17, 15) is 14.0 Å². The van der Waals surface area contributed by atoms with Crippen molar-refractivity contribution in [1.82, 2.24) is 10.6 Å². The van der Waals surface area contributed by atoms with E-state index in [0.717, 1.165) is 0 Å². The van der Waals surface area contributed by atoms with Crippen molar-refractivity contribution in [1.29, 1.82) is 0 Å². The van der Waals surface area contributed by atoms with Crippen molar-refractivity contribution in [3.05, 3.63) is 41.7 Å². The molecule has 0 atom stereocenters. The molecule has 18 heavy (non-hydrogen) atoms. The average molecular weight is 250 g/mol. The third-order valence-corrected chi connectivity index (χ3v) is 2.09. The molecule has 0 fully saturated rings. The second-order valence-corrected chi connectivity index (χ2v) is 3.56. The number of hydrogen-bond acceptors (Lipinski definition) is 2. The van der Waals surface area contributed by atoms with Crippen LogP contribution < -0.4 is 10.6 Å². The van der Waals surface area contributed by atoms with E-state index in [1.165, 1.54) is 18.2 Å². The monoisotopic (exact) mass is 250 g/mol. The van der Waals surface area contributed by atoms with E-state index in [2.05, 4.69) is 10.6 Å². The predicted octanol–water partition coefficient (Wildman–Crippen LogP) is 1.09. The van der Waals surface area contributed by atoms with Gasteiger partial charge in [0.25, 0.3) is 0 Å². The van der Waals surface area contributed by atoms with E-state index in [4.69, 9.17) is 0 Å². The van der Waals surface area contributed by atoms with Crippen LogP contribution in [0.2, 0.25) is 0 Å². The number of carbonyl (C=O) groups excluding carboxylic acids is 2. The molecular formula is C13H15FN2O2. The summed E-state index contributed by atoms with van der Waals surface area (Å²) in [5.41, 5.74) is 0.713. The quantitative estimate of drug-likeness (QED) is 0.769. The van der Waals surface area contributed by atoms with Gasteiger partial charge in [-0.25, -0.2) is 4.39 Å². The summed E-state index contributed by atoms with van der Waals surface area (Å²) in [7, 11) is 0. The normalized spacial score (nSPS) is 10.3. The number of hydrogen-bond donors (Lipinski definition) is 2. The Labute approximate surface area is 105 Å². The highest BCUT2D eigenvalue weighted by molar-refractivity contribution is 5.94. The van der Waals surface area contributed by atoms with Gasteiger partial charge in [-0.3, -0.25) is 9.59 Å². The fraction of sp³-hybridized carbons (Fsp3) is 0.231. The lowest BCUT2D eigenvalue weighted by Crippen LogP contribution is -2.35. The van der Waals surface area contributed by atoms with Gasteiger partial charge in [0.05, 0.1) is 6.54 Å². The Hall–Kier alpha value is -2.17. The Morgan fingerprint density at radius 3 is 2.50 bits per heavy atom. The molecule has 0 saturated carbocycles. The summed E-state index contributed by atoms with van der Waals surface area (Å²) in [6.45, 7) is 2.27. The lowest BCUT2D eigenvalue weighted by molar-refractivity contribution is -0.123. The van der Waals surface area contributed by atoms with Gasteiger partial charge >= 0.3 is 0 Å². The van der Waals surface area contributed by atoms with Crippen LogP contribution in [0.1, 0.15) is 12.5 Å². The summed E-state index contributed by atoms with van der Waals surface area (Å²) < 4.78 is 12.6. The molecule has 0 aliphatic carbocycles. The Kier molecular flexibility index (Phi) is 5.57. The van der Waals surface area contributed by atoms with Crippen molar-refractivity contribution in [2.24, 2.45) is 0 Å². The second kappa shape index (κ2) is 7.21. The highest BCUT2D eigenvalue weighted by Gasteiger charge is 2.00. The van der Waals surface area contributed by atoms with E-state index in [1.807, 2.05) is 0 Å². The van der Waals surface area contributed by atoms with Crippen LogP contribution in [0.25, 0.3) is 6.08 Å². The lowest BCUT2D eigenvalue weighted by Gasteiger charge is -2.02. The van der Waals surface area contributed by atoms with E-state index in [-0.39, 0.29) is 24.2 Å². The standard InChI is InChI=1S/C13H15FN2O2/c1-2-15-13(18)9-16-12(17)8-5-10-3-6-11(14)7-4-10/h3-8H,2,9H2,1H3,(H,15,18)(H,16,17)/b8-5+. The minimum absolute atomic E-state index is 0.0551. The molecule has 1 rings (SSSR count). The molecule has 2 N–H and O–H groups in total. The average Bonchev–Trinajstić information content (AvgIpc) is 2.36. The Balaban J connectivity index is 2.40.